The van der Waals surface area contributed by atoms with Gasteiger partial charge in [0.05, 0.1) is 12.2 Å². The second-order valence-corrected chi connectivity index (χ2v) is 6.17. The van der Waals surface area contributed by atoms with E-state index in [1.165, 1.54) is 0 Å². The molecule has 25 heavy (non-hydrogen) atoms. The third kappa shape index (κ3) is 7.91. The molecule has 0 aromatic carbocycles. The van der Waals surface area contributed by atoms with Crippen molar-refractivity contribution in [3.05, 3.63) is 17.5 Å². The number of rotatable bonds is 8. The van der Waals surface area contributed by atoms with Crippen LogP contribution in [0, 0.1) is 0 Å². The minimum atomic E-state index is 0. The van der Waals surface area contributed by atoms with Crippen LogP contribution in [0.2, 0.25) is 0 Å². The van der Waals surface area contributed by atoms with Crippen LogP contribution in [-0.2, 0) is 17.7 Å². The molecule has 0 saturated carbocycles. The number of ether oxygens (including phenoxy) is 1. The molecule has 7 nitrogen and oxygen atoms in total. The molecule has 144 valence electrons. The van der Waals surface area contributed by atoms with Crippen molar-refractivity contribution in [3.63, 3.8) is 0 Å². The van der Waals surface area contributed by atoms with Crippen LogP contribution in [0.5, 0.6) is 0 Å². The second kappa shape index (κ2) is 12.5. The Labute approximate surface area is 168 Å². The van der Waals surface area contributed by atoms with Gasteiger partial charge < -0.3 is 24.8 Å². The third-order valence-electron chi connectivity index (χ3n) is 4.37. The molecule has 2 rings (SSSR count). The maximum atomic E-state index is 5.29. The molecule has 1 aliphatic rings. The molecule has 0 amide bonds. The molecular weight excluding hydrogens is 433 g/mol. The Kier molecular flexibility index (Phi) is 11.1. The maximum absolute atomic E-state index is 5.29. The number of piperidine rings is 1. The van der Waals surface area contributed by atoms with Crippen molar-refractivity contribution in [1.82, 2.24) is 20.7 Å². The summed E-state index contributed by atoms with van der Waals surface area (Å²) in [4.78, 5) is 6.81. The van der Waals surface area contributed by atoms with E-state index in [-0.39, 0.29) is 24.0 Å². The van der Waals surface area contributed by atoms with Crippen molar-refractivity contribution in [3.8, 4) is 0 Å². The van der Waals surface area contributed by atoms with Gasteiger partial charge in [0.15, 0.2) is 11.7 Å². The number of halogens is 1. The summed E-state index contributed by atoms with van der Waals surface area (Å²) in [6.07, 6.45) is 4.26. The topological polar surface area (TPSA) is 74.9 Å². The highest BCUT2D eigenvalue weighted by Crippen LogP contribution is 2.10. The zero-order valence-corrected chi connectivity index (χ0v) is 17.9. The number of methoxy groups -OCH3 is 1. The van der Waals surface area contributed by atoms with Crippen LogP contribution in [0.4, 0.5) is 0 Å². The lowest BCUT2D eigenvalue weighted by Crippen LogP contribution is -2.48. The van der Waals surface area contributed by atoms with Gasteiger partial charge in [-0.25, -0.2) is 0 Å². The van der Waals surface area contributed by atoms with Crippen molar-refractivity contribution in [2.45, 2.75) is 45.2 Å². The number of aliphatic imine (C=N–C) groups is 1. The fraction of sp³-hybridized carbons (Fsp3) is 0.765. The Bertz CT molecular complexity index is 501. The molecule has 0 unspecified atom stereocenters. The Morgan fingerprint density at radius 3 is 2.80 bits per heavy atom. The van der Waals surface area contributed by atoms with Gasteiger partial charge in [0, 0.05) is 52.5 Å². The minimum absolute atomic E-state index is 0. The first-order valence-electron chi connectivity index (χ1n) is 8.88. The molecular formula is C17H32IN5O2. The Hall–Kier alpha value is -0.870. The fourth-order valence-corrected chi connectivity index (χ4v) is 2.90. The van der Waals surface area contributed by atoms with E-state index < -0.39 is 0 Å². The van der Waals surface area contributed by atoms with Gasteiger partial charge >= 0.3 is 0 Å². The summed E-state index contributed by atoms with van der Waals surface area (Å²) in [6.45, 7) is 6.88. The summed E-state index contributed by atoms with van der Waals surface area (Å²) in [5.74, 6) is 1.66. The van der Waals surface area contributed by atoms with Gasteiger partial charge in [-0.15, -0.1) is 24.0 Å². The molecule has 1 aromatic rings. The monoisotopic (exact) mass is 465 g/mol. The number of aromatic nitrogens is 1. The van der Waals surface area contributed by atoms with Crippen molar-refractivity contribution in [2.24, 2.45) is 4.99 Å². The molecule has 0 spiro atoms. The van der Waals surface area contributed by atoms with E-state index in [2.05, 4.69) is 32.6 Å². The average Bonchev–Trinajstić information content (AvgIpc) is 3.08. The van der Waals surface area contributed by atoms with Crippen LogP contribution in [0.3, 0.4) is 0 Å². The minimum Gasteiger partial charge on any atom is -0.385 e. The highest BCUT2D eigenvalue weighted by molar-refractivity contribution is 14.0. The smallest absolute Gasteiger partial charge is 0.191 e. The summed E-state index contributed by atoms with van der Waals surface area (Å²) in [6, 6.07) is 2.45. The number of aryl methyl sites for hydroxylation is 1. The zero-order valence-electron chi connectivity index (χ0n) is 15.6. The largest absolute Gasteiger partial charge is 0.385 e. The maximum Gasteiger partial charge on any atom is 0.191 e. The van der Waals surface area contributed by atoms with Crippen molar-refractivity contribution >= 4 is 29.9 Å². The van der Waals surface area contributed by atoms with Crippen molar-refractivity contribution in [1.29, 1.82) is 0 Å². The highest BCUT2D eigenvalue weighted by Gasteiger charge is 2.19. The van der Waals surface area contributed by atoms with Crippen molar-refractivity contribution in [2.75, 3.05) is 40.4 Å². The van der Waals surface area contributed by atoms with E-state index in [0.717, 1.165) is 69.3 Å². The molecule has 2 N–H and O–H groups in total. The van der Waals surface area contributed by atoms with Crippen LogP contribution in [0.25, 0.3) is 0 Å². The first kappa shape index (κ1) is 22.2. The Morgan fingerprint density at radius 1 is 1.44 bits per heavy atom. The van der Waals surface area contributed by atoms with Gasteiger partial charge in [0.1, 0.15) is 0 Å². The molecule has 0 bridgehead atoms. The number of hydrogen-bond donors (Lipinski definition) is 2. The second-order valence-electron chi connectivity index (χ2n) is 6.17. The van der Waals surface area contributed by atoms with Gasteiger partial charge in [-0.05, 0) is 25.7 Å². The van der Waals surface area contributed by atoms with Gasteiger partial charge in [-0.2, -0.15) is 0 Å². The summed E-state index contributed by atoms with van der Waals surface area (Å²) in [5, 5.41) is 10.8. The lowest BCUT2D eigenvalue weighted by Gasteiger charge is -2.33. The number of guanidine groups is 1. The predicted octanol–water partition coefficient (Wildman–Crippen LogP) is 2.02. The van der Waals surface area contributed by atoms with E-state index >= 15 is 0 Å². The summed E-state index contributed by atoms with van der Waals surface area (Å²) >= 11 is 0. The van der Waals surface area contributed by atoms with Crippen LogP contribution in [0.1, 0.15) is 37.6 Å². The first-order valence-corrected chi connectivity index (χ1v) is 8.88. The van der Waals surface area contributed by atoms with Gasteiger partial charge in [-0.3, -0.25) is 4.99 Å². The molecule has 0 radical (unpaired) electrons. The van der Waals surface area contributed by atoms with Gasteiger partial charge in [-0.1, -0.05) is 12.1 Å². The zero-order chi connectivity index (χ0) is 17.2. The molecule has 1 aromatic heterocycles. The average molecular weight is 465 g/mol. The number of likely N-dealkylation sites (tertiary alicyclic amines) is 1. The number of hydrogen-bond acceptors (Lipinski definition) is 5. The molecule has 0 atom stereocenters. The fourth-order valence-electron chi connectivity index (χ4n) is 2.90. The Balaban J connectivity index is 0.00000312. The van der Waals surface area contributed by atoms with Crippen LogP contribution in [0.15, 0.2) is 15.6 Å². The van der Waals surface area contributed by atoms with Crippen molar-refractivity contribution < 1.29 is 9.26 Å². The van der Waals surface area contributed by atoms with Crippen LogP contribution in [-0.4, -0.2) is 62.5 Å². The highest BCUT2D eigenvalue weighted by atomic mass is 127. The Morgan fingerprint density at radius 2 is 2.20 bits per heavy atom. The van der Waals surface area contributed by atoms with Crippen LogP contribution >= 0.6 is 24.0 Å². The molecule has 0 aliphatic carbocycles. The van der Waals surface area contributed by atoms with E-state index in [4.69, 9.17) is 9.26 Å². The van der Waals surface area contributed by atoms with Gasteiger partial charge in [0.25, 0.3) is 0 Å². The normalized spacial score (nSPS) is 16.5. The van der Waals surface area contributed by atoms with Gasteiger partial charge in [0.2, 0.25) is 0 Å². The third-order valence-corrected chi connectivity index (χ3v) is 4.37. The summed E-state index contributed by atoms with van der Waals surface area (Å²) < 4.78 is 10.4. The quantitative estimate of drug-likeness (QED) is 0.265. The summed E-state index contributed by atoms with van der Waals surface area (Å²) in [7, 11) is 3.56. The molecule has 1 aliphatic heterocycles. The number of nitrogens with one attached hydrogen (secondary N) is 2. The number of nitrogens with zero attached hydrogens (tertiary/aromatic N) is 3. The standard InChI is InChI=1S/C17H31N5O2.HI/c1-4-14-12-16(24-21-14)13-19-17(18-2)20-15-6-9-22(10-7-15)8-5-11-23-3;/h12,15H,4-11,13H2,1-3H3,(H2,18,19,20);1H. The molecule has 1 fully saturated rings. The van der Waals surface area contributed by atoms with E-state index in [0.29, 0.717) is 12.6 Å². The molecule has 2 heterocycles. The predicted molar refractivity (Wildman–Crippen MR) is 111 cm³/mol. The molecule has 8 heteroatoms. The molecule has 1 saturated heterocycles. The summed E-state index contributed by atoms with van der Waals surface area (Å²) in [5.41, 5.74) is 0.982. The van der Waals surface area contributed by atoms with E-state index in [1.807, 2.05) is 6.07 Å². The lowest BCUT2D eigenvalue weighted by molar-refractivity contribution is 0.155. The van der Waals surface area contributed by atoms with E-state index in [9.17, 15) is 0 Å². The lowest BCUT2D eigenvalue weighted by atomic mass is 10.1. The SMILES string of the molecule is CCc1cc(CNC(=NC)NC2CCN(CCCOC)CC2)on1.I. The van der Waals surface area contributed by atoms with Crippen LogP contribution < -0.4 is 10.6 Å². The van der Waals surface area contributed by atoms with E-state index in [1.54, 1.807) is 14.2 Å². The first-order chi connectivity index (χ1) is 11.7.